The summed E-state index contributed by atoms with van der Waals surface area (Å²) in [4.78, 5) is 19.9. The number of thiophene rings is 1. The maximum Gasteiger partial charge on any atom is 0.282 e. The molecule has 0 unspecified atom stereocenters. The molecule has 2 aromatic carbocycles. The van der Waals surface area contributed by atoms with Crippen molar-refractivity contribution in [3.8, 4) is 5.75 Å². The number of aromatic nitrogens is 2. The molecule has 152 valence electrons. The summed E-state index contributed by atoms with van der Waals surface area (Å²) >= 11 is 1.65. The number of aryl methyl sites for hydroxylation is 2. The molecule has 0 amide bonds. The zero-order valence-corrected chi connectivity index (χ0v) is 17.7. The van der Waals surface area contributed by atoms with Gasteiger partial charge in [0.25, 0.3) is 5.56 Å². The number of hydrogen-bond acceptors (Lipinski definition) is 5. The van der Waals surface area contributed by atoms with Gasteiger partial charge in [-0.25, -0.2) is 4.98 Å². The molecule has 0 bridgehead atoms. The molecule has 0 saturated heterocycles. The molecule has 0 aliphatic heterocycles. The smallest absolute Gasteiger partial charge is 0.282 e. The van der Waals surface area contributed by atoms with Gasteiger partial charge >= 0.3 is 0 Å². The third-order valence-electron chi connectivity index (χ3n) is 5.56. The van der Waals surface area contributed by atoms with Gasteiger partial charge in [0, 0.05) is 10.4 Å². The number of nitrogens with zero attached hydrogens (tertiary/aromatic N) is 3. The Bertz CT molecular complexity index is 1320. The van der Waals surface area contributed by atoms with Crippen LogP contribution in [0.25, 0.3) is 21.0 Å². The van der Waals surface area contributed by atoms with E-state index < -0.39 is 0 Å². The first kappa shape index (κ1) is 19.0. The summed E-state index contributed by atoms with van der Waals surface area (Å²) in [6.07, 6.45) is 8.50. The quantitative estimate of drug-likeness (QED) is 0.422. The topological polar surface area (TPSA) is 56.5 Å². The van der Waals surface area contributed by atoms with Gasteiger partial charge in [-0.3, -0.25) is 4.79 Å². The molecule has 2 aromatic heterocycles. The molecule has 0 saturated carbocycles. The number of rotatable bonds is 5. The van der Waals surface area contributed by atoms with Crippen molar-refractivity contribution in [1.82, 2.24) is 9.66 Å². The fraction of sp³-hybridized carbons (Fsp3) is 0.292. The SMILES string of the molecule is CCCOc1ccc2ccccc2c1C=Nn1cnc2sc3c(c2c1=O)CCCC3. The van der Waals surface area contributed by atoms with Crippen LogP contribution in [0.4, 0.5) is 0 Å². The van der Waals surface area contributed by atoms with Gasteiger partial charge in [0.05, 0.1) is 18.2 Å². The monoisotopic (exact) mass is 417 g/mol. The summed E-state index contributed by atoms with van der Waals surface area (Å²) < 4.78 is 7.31. The summed E-state index contributed by atoms with van der Waals surface area (Å²) in [5.74, 6) is 0.772. The molecule has 0 fully saturated rings. The van der Waals surface area contributed by atoms with Gasteiger partial charge in [-0.05, 0) is 54.5 Å². The molecule has 6 heteroatoms. The molecule has 0 atom stereocenters. The highest BCUT2D eigenvalue weighted by Crippen LogP contribution is 2.33. The Balaban J connectivity index is 1.61. The Morgan fingerprint density at radius 3 is 2.97 bits per heavy atom. The highest BCUT2D eigenvalue weighted by Gasteiger charge is 2.20. The van der Waals surface area contributed by atoms with Crippen LogP contribution in [-0.4, -0.2) is 22.5 Å². The van der Waals surface area contributed by atoms with Crippen molar-refractivity contribution in [2.45, 2.75) is 39.0 Å². The predicted octanol–water partition coefficient (Wildman–Crippen LogP) is 5.16. The highest BCUT2D eigenvalue weighted by molar-refractivity contribution is 7.18. The molecule has 1 aliphatic rings. The van der Waals surface area contributed by atoms with Crippen molar-refractivity contribution in [3.05, 3.63) is 69.1 Å². The van der Waals surface area contributed by atoms with Crippen LogP contribution in [0.2, 0.25) is 0 Å². The third-order valence-corrected chi connectivity index (χ3v) is 6.76. The molecule has 30 heavy (non-hydrogen) atoms. The fourth-order valence-corrected chi connectivity index (χ4v) is 5.31. The van der Waals surface area contributed by atoms with E-state index in [0.29, 0.717) is 6.61 Å². The van der Waals surface area contributed by atoms with E-state index in [0.717, 1.165) is 58.0 Å². The van der Waals surface area contributed by atoms with Crippen LogP contribution in [0.15, 0.2) is 52.6 Å². The molecule has 0 radical (unpaired) electrons. The van der Waals surface area contributed by atoms with Gasteiger partial charge in [0.1, 0.15) is 16.9 Å². The number of benzene rings is 2. The molecule has 2 heterocycles. The highest BCUT2D eigenvalue weighted by atomic mass is 32.1. The van der Waals surface area contributed by atoms with Gasteiger partial charge in [-0.2, -0.15) is 9.78 Å². The summed E-state index contributed by atoms with van der Waals surface area (Å²) in [6.45, 7) is 2.71. The molecular formula is C24H23N3O2S. The average molecular weight is 418 g/mol. The predicted molar refractivity (Wildman–Crippen MR) is 123 cm³/mol. The second kappa shape index (κ2) is 8.03. The fourth-order valence-electron chi connectivity index (χ4n) is 4.09. The van der Waals surface area contributed by atoms with Crippen molar-refractivity contribution in [3.63, 3.8) is 0 Å². The van der Waals surface area contributed by atoms with Crippen LogP contribution < -0.4 is 10.3 Å². The summed E-state index contributed by atoms with van der Waals surface area (Å²) in [5, 5.41) is 7.41. The van der Waals surface area contributed by atoms with Crippen molar-refractivity contribution in [2.75, 3.05) is 6.61 Å². The Kier molecular flexibility index (Phi) is 5.09. The second-order valence-corrected chi connectivity index (χ2v) is 8.66. The van der Waals surface area contributed by atoms with Gasteiger partial charge in [-0.15, -0.1) is 11.3 Å². The largest absolute Gasteiger partial charge is 0.493 e. The lowest BCUT2D eigenvalue weighted by atomic mass is 9.97. The third kappa shape index (κ3) is 3.31. The minimum atomic E-state index is -0.0908. The normalized spacial score (nSPS) is 13.9. The van der Waals surface area contributed by atoms with E-state index in [1.165, 1.54) is 27.9 Å². The zero-order chi connectivity index (χ0) is 20.5. The molecule has 0 spiro atoms. The summed E-state index contributed by atoms with van der Waals surface area (Å²) in [7, 11) is 0. The van der Waals surface area contributed by atoms with Gasteiger partial charge in [0.2, 0.25) is 0 Å². The van der Waals surface area contributed by atoms with E-state index in [9.17, 15) is 4.79 Å². The van der Waals surface area contributed by atoms with Crippen molar-refractivity contribution in [2.24, 2.45) is 5.10 Å². The van der Waals surface area contributed by atoms with Crippen LogP contribution in [0.3, 0.4) is 0 Å². The summed E-state index contributed by atoms with van der Waals surface area (Å²) in [5.41, 5.74) is 1.97. The molecule has 1 aliphatic carbocycles. The number of hydrogen-bond donors (Lipinski definition) is 0. The molecule has 5 nitrogen and oxygen atoms in total. The first-order chi connectivity index (χ1) is 14.8. The van der Waals surface area contributed by atoms with E-state index in [1.807, 2.05) is 18.2 Å². The van der Waals surface area contributed by atoms with E-state index in [4.69, 9.17) is 4.74 Å². The lowest BCUT2D eigenvalue weighted by Gasteiger charge is -2.11. The van der Waals surface area contributed by atoms with E-state index >= 15 is 0 Å². The second-order valence-electron chi connectivity index (χ2n) is 7.58. The lowest BCUT2D eigenvalue weighted by Crippen LogP contribution is -2.18. The molecule has 0 N–H and O–H groups in total. The van der Waals surface area contributed by atoms with Crippen molar-refractivity contribution >= 4 is 38.5 Å². The van der Waals surface area contributed by atoms with Crippen molar-refractivity contribution < 1.29 is 4.74 Å². The Hall–Kier alpha value is -2.99. The van der Waals surface area contributed by atoms with Crippen LogP contribution in [0.1, 0.15) is 42.2 Å². The Morgan fingerprint density at radius 1 is 1.20 bits per heavy atom. The first-order valence-corrected chi connectivity index (χ1v) is 11.3. The average Bonchev–Trinajstić information content (AvgIpc) is 3.17. The van der Waals surface area contributed by atoms with Crippen LogP contribution >= 0.6 is 11.3 Å². The molecule has 5 rings (SSSR count). The van der Waals surface area contributed by atoms with Gasteiger partial charge < -0.3 is 4.74 Å². The van der Waals surface area contributed by atoms with Crippen molar-refractivity contribution in [1.29, 1.82) is 0 Å². The van der Waals surface area contributed by atoms with Crippen LogP contribution in [0.5, 0.6) is 5.75 Å². The van der Waals surface area contributed by atoms with Gasteiger partial charge in [-0.1, -0.05) is 37.3 Å². The van der Waals surface area contributed by atoms with E-state index in [-0.39, 0.29) is 5.56 Å². The minimum absolute atomic E-state index is 0.0908. The van der Waals surface area contributed by atoms with Crippen LogP contribution in [-0.2, 0) is 12.8 Å². The van der Waals surface area contributed by atoms with E-state index in [1.54, 1.807) is 17.6 Å². The Morgan fingerprint density at radius 2 is 2.07 bits per heavy atom. The minimum Gasteiger partial charge on any atom is -0.493 e. The van der Waals surface area contributed by atoms with Crippen LogP contribution in [0, 0.1) is 0 Å². The standard InChI is InChI=1S/C24H23N3O2S/c1-2-13-29-20-12-11-16-7-3-4-8-17(16)19(20)14-26-27-15-25-23-22(24(27)28)18-9-5-6-10-21(18)30-23/h3-4,7-8,11-12,14-15H,2,5-6,9-10,13H2,1H3. The maximum atomic E-state index is 13.2. The lowest BCUT2D eigenvalue weighted by molar-refractivity contribution is 0.317. The maximum absolute atomic E-state index is 13.2. The van der Waals surface area contributed by atoms with E-state index in [2.05, 4.69) is 35.2 Å². The Labute approximate surface area is 178 Å². The number of fused-ring (bicyclic) bond motifs is 4. The molecular weight excluding hydrogens is 394 g/mol. The summed E-state index contributed by atoms with van der Waals surface area (Å²) in [6, 6.07) is 12.1. The molecule has 4 aromatic rings. The van der Waals surface area contributed by atoms with Gasteiger partial charge in [0.15, 0.2) is 0 Å². The number of ether oxygens (including phenoxy) is 1. The zero-order valence-electron chi connectivity index (χ0n) is 16.9. The first-order valence-electron chi connectivity index (χ1n) is 10.5.